The third kappa shape index (κ3) is 5.10. The maximum Gasteiger partial charge on any atom is 0.150 e. The van der Waals surface area contributed by atoms with Gasteiger partial charge in [0.2, 0.25) is 0 Å². The van der Waals surface area contributed by atoms with Crippen molar-refractivity contribution in [2.75, 3.05) is 11.5 Å². The van der Waals surface area contributed by atoms with Gasteiger partial charge in [0, 0.05) is 18.6 Å². The van der Waals surface area contributed by atoms with Crippen LogP contribution in [0.3, 0.4) is 0 Å². The molecule has 0 amide bonds. The van der Waals surface area contributed by atoms with Gasteiger partial charge in [0.05, 0.1) is 5.75 Å². The lowest BCUT2D eigenvalue weighted by Gasteiger charge is -2.12. The third-order valence-corrected chi connectivity index (χ3v) is 5.13. The number of hydrogen-bond acceptors (Lipinski definition) is 3. The fraction of sp³-hybridized carbons (Fsp3) is 0.917. The minimum absolute atomic E-state index is 0.233. The van der Waals surface area contributed by atoms with Gasteiger partial charge in [0.1, 0.15) is 15.6 Å². The summed E-state index contributed by atoms with van der Waals surface area (Å²) in [6.07, 6.45) is 6.24. The van der Waals surface area contributed by atoms with E-state index in [-0.39, 0.29) is 11.5 Å². The fourth-order valence-corrected chi connectivity index (χ4v) is 3.16. The number of ketones is 1. The Balaban J connectivity index is 2.29. The van der Waals surface area contributed by atoms with Crippen LogP contribution in [0.4, 0.5) is 0 Å². The molecular weight excluding hydrogens is 224 g/mol. The van der Waals surface area contributed by atoms with Crippen LogP contribution in [0.15, 0.2) is 0 Å². The Hall–Kier alpha value is -0.380. The Morgan fingerprint density at radius 1 is 1.31 bits per heavy atom. The van der Waals surface area contributed by atoms with E-state index in [1.54, 1.807) is 6.92 Å². The van der Waals surface area contributed by atoms with E-state index in [1.807, 2.05) is 0 Å². The number of carbonyl (C=O) groups is 1. The number of rotatable bonds is 5. The molecule has 94 valence electrons. The van der Waals surface area contributed by atoms with Crippen LogP contribution in [0.25, 0.3) is 0 Å². The van der Waals surface area contributed by atoms with Crippen LogP contribution < -0.4 is 0 Å². The number of sulfone groups is 1. The third-order valence-electron chi connectivity index (χ3n) is 3.34. The van der Waals surface area contributed by atoms with Crippen molar-refractivity contribution in [1.29, 1.82) is 0 Å². The normalized spacial score (nSPS) is 23.1. The smallest absolute Gasteiger partial charge is 0.150 e. The lowest BCUT2D eigenvalue weighted by Crippen LogP contribution is -2.11. The molecule has 0 heterocycles. The maximum atomic E-state index is 11.4. The molecule has 3 nitrogen and oxygen atoms in total. The van der Waals surface area contributed by atoms with E-state index in [2.05, 4.69) is 0 Å². The molecule has 1 atom stereocenters. The van der Waals surface area contributed by atoms with Gasteiger partial charge in [-0.05, 0) is 25.2 Å². The van der Waals surface area contributed by atoms with E-state index in [4.69, 9.17) is 0 Å². The number of Topliss-reactive ketones (excluding diaryl/α,β-unsaturated/α-hetero) is 1. The first-order chi connectivity index (χ1) is 7.53. The highest BCUT2D eigenvalue weighted by Gasteiger charge is 2.18. The van der Waals surface area contributed by atoms with Gasteiger partial charge in [-0.2, -0.15) is 0 Å². The summed E-state index contributed by atoms with van der Waals surface area (Å²) in [5.74, 6) is 1.31. The van der Waals surface area contributed by atoms with Crippen molar-refractivity contribution < 1.29 is 13.2 Å². The maximum absolute atomic E-state index is 11.4. The van der Waals surface area contributed by atoms with Gasteiger partial charge < -0.3 is 0 Å². The fourth-order valence-electron chi connectivity index (χ4n) is 2.26. The standard InChI is InChI=1S/C12H22O3S/c1-2-16(14,15)9-5-7-11-6-3-4-8-12(13)10-11/h11H,2-10H2,1H3. The van der Waals surface area contributed by atoms with E-state index in [0.29, 0.717) is 24.5 Å². The first kappa shape index (κ1) is 13.7. The van der Waals surface area contributed by atoms with Crippen LogP contribution >= 0.6 is 0 Å². The Kier molecular flexibility index (Phi) is 5.46. The van der Waals surface area contributed by atoms with Gasteiger partial charge in [0.25, 0.3) is 0 Å². The van der Waals surface area contributed by atoms with Crippen LogP contribution in [0.1, 0.15) is 51.9 Å². The van der Waals surface area contributed by atoms with Crippen LogP contribution in [0.5, 0.6) is 0 Å². The molecule has 1 saturated carbocycles. The van der Waals surface area contributed by atoms with Crippen molar-refractivity contribution in [1.82, 2.24) is 0 Å². The van der Waals surface area contributed by atoms with E-state index in [0.717, 1.165) is 32.1 Å². The van der Waals surface area contributed by atoms with E-state index < -0.39 is 9.84 Å². The van der Waals surface area contributed by atoms with Crippen LogP contribution in [-0.2, 0) is 14.6 Å². The molecule has 1 fully saturated rings. The largest absolute Gasteiger partial charge is 0.300 e. The number of hydrogen-bond donors (Lipinski definition) is 0. The first-order valence-corrected chi connectivity index (χ1v) is 8.08. The van der Waals surface area contributed by atoms with E-state index >= 15 is 0 Å². The van der Waals surface area contributed by atoms with Crippen molar-refractivity contribution in [3.63, 3.8) is 0 Å². The molecular formula is C12H22O3S. The zero-order valence-corrected chi connectivity index (χ0v) is 10.9. The first-order valence-electron chi connectivity index (χ1n) is 6.25. The molecule has 16 heavy (non-hydrogen) atoms. The molecule has 0 N–H and O–H groups in total. The minimum Gasteiger partial charge on any atom is -0.300 e. The Morgan fingerprint density at radius 2 is 2.06 bits per heavy atom. The second-order valence-corrected chi connectivity index (χ2v) is 7.21. The number of carbonyl (C=O) groups excluding carboxylic acids is 1. The lowest BCUT2D eigenvalue weighted by atomic mass is 9.95. The Labute approximate surface area is 98.5 Å². The average molecular weight is 246 g/mol. The Bertz CT molecular complexity index is 319. The highest BCUT2D eigenvalue weighted by Crippen LogP contribution is 2.24. The molecule has 1 aliphatic carbocycles. The van der Waals surface area contributed by atoms with Crippen LogP contribution in [0.2, 0.25) is 0 Å². The summed E-state index contributed by atoms with van der Waals surface area (Å²) in [5, 5.41) is 0. The van der Waals surface area contributed by atoms with E-state index in [1.165, 1.54) is 0 Å². The van der Waals surface area contributed by atoms with Gasteiger partial charge in [-0.3, -0.25) is 4.79 Å². The van der Waals surface area contributed by atoms with E-state index in [9.17, 15) is 13.2 Å². The molecule has 0 bridgehead atoms. The minimum atomic E-state index is -2.83. The highest BCUT2D eigenvalue weighted by atomic mass is 32.2. The van der Waals surface area contributed by atoms with Crippen molar-refractivity contribution in [2.45, 2.75) is 51.9 Å². The summed E-state index contributed by atoms with van der Waals surface area (Å²) in [7, 11) is -2.83. The molecule has 0 aromatic rings. The average Bonchev–Trinajstić information content (AvgIpc) is 2.43. The van der Waals surface area contributed by atoms with Crippen molar-refractivity contribution >= 4 is 15.6 Å². The molecule has 0 aromatic heterocycles. The quantitative estimate of drug-likeness (QED) is 0.700. The molecule has 1 rings (SSSR count). The SMILES string of the molecule is CCS(=O)(=O)CCCC1CCCCC(=O)C1. The molecule has 0 aliphatic heterocycles. The predicted molar refractivity (Wildman–Crippen MR) is 65.1 cm³/mol. The van der Waals surface area contributed by atoms with Gasteiger partial charge in [-0.25, -0.2) is 8.42 Å². The molecule has 4 heteroatoms. The second-order valence-electron chi connectivity index (χ2n) is 4.73. The highest BCUT2D eigenvalue weighted by molar-refractivity contribution is 7.91. The summed E-state index contributed by atoms with van der Waals surface area (Å²) in [5.41, 5.74) is 0. The zero-order valence-electron chi connectivity index (χ0n) is 10.1. The summed E-state index contributed by atoms with van der Waals surface area (Å²) in [6.45, 7) is 1.69. The van der Waals surface area contributed by atoms with Gasteiger partial charge in [-0.1, -0.05) is 19.8 Å². The van der Waals surface area contributed by atoms with Crippen molar-refractivity contribution in [3.05, 3.63) is 0 Å². The second kappa shape index (κ2) is 6.38. The van der Waals surface area contributed by atoms with Gasteiger partial charge >= 0.3 is 0 Å². The molecule has 1 unspecified atom stereocenters. The van der Waals surface area contributed by atoms with Crippen molar-refractivity contribution in [2.24, 2.45) is 5.92 Å². The van der Waals surface area contributed by atoms with Crippen LogP contribution in [0, 0.1) is 5.92 Å². The van der Waals surface area contributed by atoms with Crippen molar-refractivity contribution in [3.8, 4) is 0 Å². The van der Waals surface area contributed by atoms with Gasteiger partial charge in [0.15, 0.2) is 0 Å². The monoisotopic (exact) mass is 246 g/mol. The summed E-state index contributed by atoms with van der Waals surface area (Å²) in [4.78, 5) is 11.4. The summed E-state index contributed by atoms with van der Waals surface area (Å²) >= 11 is 0. The Morgan fingerprint density at radius 3 is 2.75 bits per heavy atom. The van der Waals surface area contributed by atoms with Gasteiger partial charge in [-0.15, -0.1) is 0 Å². The summed E-state index contributed by atoms with van der Waals surface area (Å²) in [6, 6.07) is 0. The topological polar surface area (TPSA) is 51.2 Å². The molecule has 0 aromatic carbocycles. The predicted octanol–water partition coefficient (Wildman–Crippen LogP) is 2.35. The van der Waals surface area contributed by atoms with Crippen LogP contribution in [-0.4, -0.2) is 25.7 Å². The lowest BCUT2D eigenvalue weighted by molar-refractivity contribution is -0.119. The molecule has 0 radical (unpaired) electrons. The molecule has 0 saturated heterocycles. The zero-order chi connectivity index (χ0) is 12.0. The molecule has 0 spiro atoms. The summed E-state index contributed by atoms with van der Waals surface area (Å²) < 4.78 is 22.6. The molecule has 1 aliphatic rings.